The smallest absolute Gasteiger partial charge is 0.151 e. The summed E-state index contributed by atoms with van der Waals surface area (Å²) < 4.78 is 5.75. The van der Waals surface area contributed by atoms with Crippen molar-refractivity contribution in [3.8, 4) is 33.6 Å². The summed E-state index contributed by atoms with van der Waals surface area (Å²) in [7, 11) is 0. The van der Waals surface area contributed by atoms with Gasteiger partial charge in [0.25, 0.3) is 0 Å². The zero-order valence-corrected chi connectivity index (χ0v) is 29.5. The molecule has 0 aliphatic heterocycles. The van der Waals surface area contributed by atoms with Gasteiger partial charge in [-0.15, -0.1) is 47.0 Å². The van der Waals surface area contributed by atoms with Gasteiger partial charge in [-0.3, -0.25) is 0 Å². The van der Waals surface area contributed by atoms with Crippen LogP contribution in [-0.2, 0) is 26.5 Å². The van der Waals surface area contributed by atoms with Gasteiger partial charge in [-0.05, 0) is 59.8 Å². The molecule has 5 heteroatoms. The van der Waals surface area contributed by atoms with Crippen LogP contribution < -0.4 is 0 Å². The van der Waals surface area contributed by atoms with Gasteiger partial charge in [0, 0.05) is 37.1 Å². The van der Waals surface area contributed by atoms with Crippen LogP contribution in [0.25, 0.3) is 55.6 Å². The number of hydrogen-bond acceptors (Lipinski definition) is 4. The van der Waals surface area contributed by atoms with Crippen LogP contribution in [0, 0.1) is 38.3 Å². The molecular formula is C41H37IrN3O-2. The topological polar surface area (TPSA) is 51.8 Å². The van der Waals surface area contributed by atoms with Crippen molar-refractivity contribution in [2.45, 2.75) is 48.0 Å². The van der Waals surface area contributed by atoms with Crippen LogP contribution in [0.4, 0.5) is 0 Å². The number of furan rings is 1. The van der Waals surface area contributed by atoms with Crippen LogP contribution in [0.3, 0.4) is 0 Å². The number of pyridine rings is 3. The molecule has 0 amide bonds. The maximum Gasteiger partial charge on any atom is 0.151 e. The molecule has 3 aromatic carbocycles. The predicted octanol–water partition coefficient (Wildman–Crippen LogP) is 10.6. The molecule has 0 saturated heterocycles. The Morgan fingerprint density at radius 2 is 1.43 bits per heavy atom. The molecule has 0 aliphatic rings. The number of benzene rings is 3. The summed E-state index contributed by atoms with van der Waals surface area (Å²) in [6.45, 7) is 13.2. The van der Waals surface area contributed by atoms with Crippen molar-refractivity contribution < 1.29 is 24.5 Å². The average Bonchev–Trinajstić information content (AvgIpc) is 3.41. The fraction of sp³-hybridized carbons (Fsp3) is 0.195. The molecule has 0 aliphatic carbocycles. The van der Waals surface area contributed by atoms with E-state index in [0.717, 1.165) is 50.9 Å². The number of aryl methyl sites for hydroxylation is 3. The van der Waals surface area contributed by atoms with E-state index in [0.29, 0.717) is 5.41 Å². The second-order valence-corrected chi connectivity index (χ2v) is 12.8. The fourth-order valence-corrected chi connectivity index (χ4v) is 5.45. The number of fused-ring (bicyclic) bond motifs is 3. The molecule has 0 atom stereocenters. The predicted molar refractivity (Wildman–Crippen MR) is 185 cm³/mol. The van der Waals surface area contributed by atoms with Crippen molar-refractivity contribution in [3.63, 3.8) is 0 Å². The van der Waals surface area contributed by atoms with Gasteiger partial charge in [0.15, 0.2) is 5.58 Å². The Balaban J connectivity index is 0.000000185. The molecule has 0 N–H and O–H groups in total. The summed E-state index contributed by atoms with van der Waals surface area (Å²) in [4.78, 5) is 13.1. The van der Waals surface area contributed by atoms with Gasteiger partial charge in [-0.1, -0.05) is 106 Å². The van der Waals surface area contributed by atoms with E-state index in [1.807, 2.05) is 30.5 Å². The van der Waals surface area contributed by atoms with Crippen LogP contribution >= 0.6 is 0 Å². The molecule has 7 rings (SSSR count). The number of para-hydroxylation sites is 1. The number of aromatic nitrogens is 3. The van der Waals surface area contributed by atoms with Gasteiger partial charge in [0.2, 0.25) is 0 Å². The molecule has 4 aromatic heterocycles. The van der Waals surface area contributed by atoms with Crippen LogP contribution in [0.1, 0.15) is 43.0 Å². The summed E-state index contributed by atoms with van der Waals surface area (Å²) >= 11 is 0. The van der Waals surface area contributed by atoms with Crippen molar-refractivity contribution in [1.82, 2.24) is 15.0 Å². The largest absolute Gasteiger partial charge is 0.455 e. The van der Waals surface area contributed by atoms with Gasteiger partial charge in [0.05, 0.1) is 6.20 Å². The third kappa shape index (κ3) is 7.50. The molecular weight excluding hydrogens is 743 g/mol. The quantitative estimate of drug-likeness (QED) is 0.167. The zero-order chi connectivity index (χ0) is 31.6. The van der Waals surface area contributed by atoms with Crippen molar-refractivity contribution >= 4 is 21.9 Å². The van der Waals surface area contributed by atoms with Crippen LogP contribution in [0.15, 0.2) is 108 Å². The van der Waals surface area contributed by atoms with Crippen LogP contribution in [-0.4, -0.2) is 15.0 Å². The first kappa shape index (κ1) is 32.9. The zero-order valence-electron chi connectivity index (χ0n) is 27.1. The molecule has 0 unspecified atom stereocenters. The third-order valence-corrected chi connectivity index (χ3v) is 7.95. The third-order valence-electron chi connectivity index (χ3n) is 7.95. The average molecular weight is 780 g/mol. The van der Waals surface area contributed by atoms with Gasteiger partial charge >= 0.3 is 0 Å². The Labute approximate surface area is 285 Å². The normalized spacial score (nSPS) is 11.2. The van der Waals surface area contributed by atoms with Gasteiger partial charge < -0.3 is 19.4 Å². The minimum absolute atomic E-state index is 0. The second-order valence-electron chi connectivity index (χ2n) is 12.8. The molecule has 0 spiro atoms. The van der Waals surface area contributed by atoms with Crippen molar-refractivity contribution in [1.29, 1.82) is 0 Å². The molecule has 0 bridgehead atoms. The van der Waals surface area contributed by atoms with E-state index in [2.05, 4.69) is 117 Å². The van der Waals surface area contributed by atoms with E-state index < -0.39 is 0 Å². The minimum atomic E-state index is 0. The molecule has 4 heterocycles. The Bertz CT molecular complexity index is 2090. The second kappa shape index (κ2) is 13.9. The van der Waals surface area contributed by atoms with Gasteiger partial charge in [0.1, 0.15) is 5.58 Å². The van der Waals surface area contributed by atoms with E-state index >= 15 is 0 Å². The van der Waals surface area contributed by atoms with E-state index in [9.17, 15) is 0 Å². The molecule has 7 aromatic rings. The van der Waals surface area contributed by atoms with E-state index in [1.165, 1.54) is 33.4 Å². The molecule has 0 fully saturated rings. The van der Waals surface area contributed by atoms with E-state index in [4.69, 9.17) is 4.42 Å². The maximum atomic E-state index is 5.75. The first-order chi connectivity index (χ1) is 21.6. The summed E-state index contributed by atoms with van der Waals surface area (Å²) in [6, 6.07) is 33.7. The Morgan fingerprint density at radius 1 is 0.696 bits per heavy atom. The Hall–Kier alpha value is -4.44. The maximum absolute atomic E-state index is 5.75. The Kier molecular flexibility index (Phi) is 9.96. The minimum Gasteiger partial charge on any atom is -0.455 e. The van der Waals surface area contributed by atoms with Crippen molar-refractivity contribution in [3.05, 3.63) is 138 Å². The van der Waals surface area contributed by atoms with Gasteiger partial charge in [-0.2, -0.15) is 0 Å². The van der Waals surface area contributed by atoms with Crippen molar-refractivity contribution in [2.24, 2.45) is 5.41 Å². The van der Waals surface area contributed by atoms with E-state index in [1.54, 1.807) is 24.7 Å². The Morgan fingerprint density at radius 3 is 2.15 bits per heavy atom. The molecule has 46 heavy (non-hydrogen) atoms. The van der Waals surface area contributed by atoms with Gasteiger partial charge in [-0.25, -0.2) is 0 Å². The van der Waals surface area contributed by atoms with E-state index in [-0.39, 0.29) is 20.1 Å². The molecule has 1 radical (unpaired) electrons. The summed E-state index contributed by atoms with van der Waals surface area (Å²) in [5.74, 6) is 0. The first-order valence-corrected chi connectivity index (χ1v) is 15.3. The molecule has 0 saturated carbocycles. The van der Waals surface area contributed by atoms with Crippen LogP contribution in [0.2, 0.25) is 0 Å². The monoisotopic (exact) mass is 780 g/mol. The van der Waals surface area contributed by atoms with Crippen molar-refractivity contribution in [2.75, 3.05) is 0 Å². The summed E-state index contributed by atoms with van der Waals surface area (Å²) in [5, 5.41) is 2.17. The van der Waals surface area contributed by atoms with Crippen LogP contribution in [0.5, 0.6) is 0 Å². The first-order valence-electron chi connectivity index (χ1n) is 15.3. The summed E-state index contributed by atoms with van der Waals surface area (Å²) in [6.07, 6.45) is 8.25. The molecule has 233 valence electrons. The SMILES string of the molecule is Cc1cnc(-c2[c-]cc(C)c(-c3ccc(CC(C)(C)C)cc3)c2)cc1C.[Ir].[c-]1ccncc1-c1cc2c(cn1)oc1ccccc12. The number of hydrogen-bond donors (Lipinski definition) is 0. The number of rotatable bonds is 4. The molecule has 4 nitrogen and oxygen atoms in total. The summed E-state index contributed by atoms with van der Waals surface area (Å²) in [5.41, 5.74) is 13.4. The fourth-order valence-electron chi connectivity index (χ4n) is 5.45. The number of nitrogens with zero attached hydrogens (tertiary/aromatic N) is 3. The standard InChI is InChI=1S/C25H28N.C16H9N2O.Ir/c1-17-7-10-22(24-13-18(2)19(3)16-26-24)14-23(17)21-11-8-20(9-12-21)15-25(4,5)6;1-2-6-15-12(5-1)13-8-14(18-10-16(13)19-15)11-4-3-7-17-9-11;/h7-9,11-14,16H,15H2,1-6H3;1-3,5-10H;/q2*-1;.